The summed E-state index contributed by atoms with van der Waals surface area (Å²) in [7, 11) is 0. The molecule has 0 saturated heterocycles. The summed E-state index contributed by atoms with van der Waals surface area (Å²) in [5, 5.41) is 0. The van der Waals surface area contributed by atoms with Gasteiger partial charge in [-0.1, -0.05) is 42.5 Å². The zero-order valence-electron chi connectivity index (χ0n) is 14.6. The van der Waals surface area contributed by atoms with Crippen molar-refractivity contribution >= 4 is 23.6 Å². The van der Waals surface area contributed by atoms with E-state index in [0.717, 1.165) is 11.3 Å². The first-order valence-electron chi connectivity index (χ1n) is 8.20. The zero-order valence-corrected chi connectivity index (χ0v) is 15.4. The Labute approximate surface area is 153 Å². The lowest BCUT2D eigenvalue weighted by Gasteiger charge is -2.22. The maximum Gasteiger partial charge on any atom is 0.325 e. The van der Waals surface area contributed by atoms with Gasteiger partial charge in [-0.2, -0.15) is 11.8 Å². The van der Waals surface area contributed by atoms with Crippen LogP contribution in [0.3, 0.4) is 0 Å². The van der Waals surface area contributed by atoms with Crippen LogP contribution in [0.5, 0.6) is 0 Å². The van der Waals surface area contributed by atoms with Crippen molar-refractivity contribution < 1.29 is 14.3 Å². The third-order valence-electron chi connectivity index (χ3n) is 3.64. The van der Waals surface area contributed by atoms with Gasteiger partial charge in [-0.15, -0.1) is 0 Å². The maximum absolute atomic E-state index is 12.9. The molecule has 5 heteroatoms. The molecule has 0 aliphatic rings. The molecular weight excluding hydrogens is 334 g/mol. The molecule has 0 aromatic heterocycles. The van der Waals surface area contributed by atoms with E-state index in [1.807, 2.05) is 60.9 Å². The average Bonchev–Trinajstić information content (AvgIpc) is 2.62. The molecule has 0 heterocycles. The minimum atomic E-state index is -0.397. The van der Waals surface area contributed by atoms with Crippen LogP contribution in [-0.4, -0.2) is 36.2 Å². The normalized spacial score (nSPS) is 10.3. The topological polar surface area (TPSA) is 46.6 Å². The summed E-state index contributed by atoms with van der Waals surface area (Å²) in [5.74, 6) is 0.337. The third-order valence-corrected chi connectivity index (χ3v) is 4.26. The molecule has 0 N–H and O–H groups in total. The quantitative estimate of drug-likeness (QED) is 0.675. The van der Waals surface area contributed by atoms with Crippen molar-refractivity contribution in [2.45, 2.75) is 19.2 Å². The van der Waals surface area contributed by atoms with Gasteiger partial charge >= 0.3 is 5.97 Å². The summed E-state index contributed by atoms with van der Waals surface area (Å²) in [5.41, 5.74) is 2.72. The van der Waals surface area contributed by atoms with Crippen LogP contribution in [0.25, 0.3) is 0 Å². The van der Waals surface area contributed by atoms with Crippen LogP contribution in [0.4, 0.5) is 0 Å². The fraction of sp³-hybridized carbons (Fsp3) is 0.300. The average molecular weight is 357 g/mol. The zero-order chi connectivity index (χ0) is 18.1. The van der Waals surface area contributed by atoms with Gasteiger partial charge in [0, 0.05) is 17.9 Å². The van der Waals surface area contributed by atoms with Crippen molar-refractivity contribution in [3.63, 3.8) is 0 Å². The fourth-order valence-corrected chi connectivity index (χ4v) is 2.98. The van der Waals surface area contributed by atoms with Crippen molar-refractivity contribution in [1.29, 1.82) is 0 Å². The molecule has 25 heavy (non-hydrogen) atoms. The Morgan fingerprint density at radius 2 is 1.68 bits per heavy atom. The molecule has 2 aromatic rings. The van der Waals surface area contributed by atoms with Crippen LogP contribution in [0, 0.1) is 0 Å². The summed E-state index contributed by atoms with van der Waals surface area (Å²) in [6, 6.07) is 17.2. The predicted molar refractivity (Wildman–Crippen MR) is 101 cm³/mol. The van der Waals surface area contributed by atoms with E-state index in [0.29, 0.717) is 18.7 Å². The van der Waals surface area contributed by atoms with E-state index in [-0.39, 0.29) is 12.5 Å². The molecule has 0 radical (unpaired) electrons. The molecule has 0 saturated carbocycles. The van der Waals surface area contributed by atoms with Crippen molar-refractivity contribution in [3.05, 3.63) is 71.3 Å². The van der Waals surface area contributed by atoms with Crippen LogP contribution in [0.1, 0.15) is 28.4 Å². The lowest BCUT2D eigenvalue weighted by Crippen LogP contribution is -2.36. The van der Waals surface area contributed by atoms with Crippen molar-refractivity contribution in [1.82, 2.24) is 4.90 Å². The smallest absolute Gasteiger partial charge is 0.325 e. The highest BCUT2D eigenvalue weighted by molar-refractivity contribution is 7.97. The minimum Gasteiger partial charge on any atom is -0.465 e. The summed E-state index contributed by atoms with van der Waals surface area (Å²) in [4.78, 5) is 26.3. The molecule has 0 spiro atoms. The lowest BCUT2D eigenvalue weighted by atomic mass is 10.1. The van der Waals surface area contributed by atoms with Gasteiger partial charge in [0.25, 0.3) is 5.91 Å². The monoisotopic (exact) mass is 357 g/mol. The highest BCUT2D eigenvalue weighted by Crippen LogP contribution is 2.14. The third kappa shape index (κ3) is 5.94. The molecule has 0 bridgehead atoms. The number of ether oxygens (including phenoxy) is 1. The van der Waals surface area contributed by atoms with E-state index >= 15 is 0 Å². The van der Waals surface area contributed by atoms with Crippen LogP contribution in [-0.2, 0) is 21.8 Å². The Bertz CT molecular complexity index is 686. The van der Waals surface area contributed by atoms with E-state index in [2.05, 4.69) is 0 Å². The highest BCUT2D eigenvalue weighted by atomic mass is 32.2. The number of benzene rings is 2. The molecule has 0 unspecified atom stereocenters. The Morgan fingerprint density at radius 3 is 2.28 bits per heavy atom. The molecule has 2 rings (SSSR count). The number of nitrogens with zero attached hydrogens (tertiary/aromatic N) is 1. The van der Waals surface area contributed by atoms with Gasteiger partial charge in [0.15, 0.2) is 0 Å². The Hall–Kier alpha value is -2.27. The SMILES string of the molecule is CCOC(=O)CN(Cc1ccccc1)C(=O)c1ccc(CSC)cc1. The number of carbonyl (C=O) groups is 2. The second-order valence-electron chi connectivity index (χ2n) is 5.58. The fourth-order valence-electron chi connectivity index (χ4n) is 2.46. The molecule has 1 amide bonds. The van der Waals surface area contributed by atoms with Gasteiger partial charge in [0.2, 0.25) is 0 Å². The number of hydrogen-bond donors (Lipinski definition) is 0. The first kappa shape index (κ1) is 19.1. The summed E-state index contributed by atoms with van der Waals surface area (Å²) >= 11 is 1.73. The van der Waals surface area contributed by atoms with Gasteiger partial charge in [-0.05, 0) is 36.4 Å². The molecule has 0 fully saturated rings. The van der Waals surface area contributed by atoms with E-state index in [1.165, 1.54) is 10.5 Å². The Balaban J connectivity index is 2.17. The summed E-state index contributed by atoms with van der Waals surface area (Å²) in [6.45, 7) is 2.36. The largest absolute Gasteiger partial charge is 0.465 e. The van der Waals surface area contributed by atoms with Gasteiger partial charge < -0.3 is 9.64 Å². The molecule has 132 valence electrons. The summed E-state index contributed by atoms with van der Waals surface area (Å²) < 4.78 is 5.01. The van der Waals surface area contributed by atoms with Crippen molar-refractivity contribution in [3.8, 4) is 0 Å². The molecule has 0 atom stereocenters. The van der Waals surface area contributed by atoms with Crippen LogP contribution >= 0.6 is 11.8 Å². The van der Waals surface area contributed by atoms with Gasteiger partial charge in [-0.3, -0.25) is 9.59 Å². The number of hydrogen-bond acceptors (Lipinski definition) is 4. The lowest BCUT2D eigenvalue weighted by molar-refractivity contribution is -0.143. The molecule has 2 aromatic carbocycles. The Kier molecular flexibility index (Phi) is 7.54. The van der Waals surface area contributed by atoms with E-state index in [1.54, 1.807) is 18.7 Å². The van der Waals surface area contributed by atoms with E-state index in [4.69, 9.17) is 4.74 Å². The van der Waals surface area contributed by atoms with E-state index in [9.17, 15) is 9.59 Å². The summed E-state index contributed by atoms with van der Waals surface area (Å²) in [6.07, 6.45) is 2.04. The first-order valence-corrected chi connectivity index (χ1v) is 9.60. The molecular formula is C20H23NO3S. The molecule has 4 nitrogen and oxygen atoms in total. The van der Waals surface area contributed by atoms with Crippen LogP contribution in [0.15, 0.2) is 54.6 Å². The van der Waals surface area contributed by atoms with Gasteiger partial charge in [0.1, 0.15) is 6.54 Å². The minimum absolute atomic E-state index is 0.0614. The number of amides is 1. The number of esters is 1. The Morgan fingerprint density at radius 1 is 1.00 bits per heavy atom. The van der Waals surface area contributed by atoms with Gasteiger partial charge in [0.05, 0.1) is 6.61 Å². The van der Waals surface area contributed by atoms with Crippen molar-refractivity contribution in [2.24, 2.45) is 0 Å². The predicted octanol–water partition coefficient (Wildman–Crippen LogP) is 3.76. The standard InChI is InChI=1S/C20H23NO3S/c1-3-24-19(22)14-21(13-16-7-5-4-6-8-16)20(23)18-11-9-17(10-12-18)15-25-2/h4-12H,3,13-15H2,1-2H3. The van der Waals surface area contributed by atoms with Crippen molar-refractivity contribution in [2.75, 3.05) is 19.4 Å². The highest BCUT2D eigenvalue weighted by Gasteiger charge is 2.20. The van der Waals surface area contributed by atoms with Gasteiger partial charge in [-0.25, -0.2) is 0 Å². The second-order valence-corrected chi connectivity index (χ2v) is 6.45. The van der Waals surface area contributed by atoms with E-state index < -0.39 is 5.97 Å². The number of carbonyl (C=O) groups excluding carboxylic acids is 2. The molecule has 0 aliphatic heterocycles. The number of rotatable bonds is 8. The second kappa shape index (κ2) is 9.89. The first-order chi connectivity index (χ1) is 12.1. The maximum atomic E-state index is 12.9. The van der Waals surface area contributed by atoms with Crippen LogP contribution < -0.4 is 0 Å². The van der Waals surface area contributed by atoms with Crippen LogP contribution in [0.2, 0.25) is 0 Å². The number of thioether (sulfide) groups is 1. The molecule has 0 aliphatic carbocycles.